The van der Waals surface area contributed by atoms with Gasteiger partial charge in [0.25, 0.3) is 0 Å². The highest BCUT2D eigenvalue weighted by molar-refractivity contribution is 7.99. The molecule has 4 heteroatoms. The molecule has 1 atom stereocenters. The Balaban J connectivity index is 1.65. The van der Waals surface area contributed by atoms with E-state index in [1.807, 2.05) is 6.92 Å². The van der Waals surface area contributed by atoms with Crippen LogP contribution in [0.2, 0.25) is 0 Å². The van der Waals surface area contributed by atoms with E-state index in [4.69, 9.17) is 9.47 Å². The third kappa shape index (κ3) is 5.10. The average molecular weight is 285 g/mol. The Morgan fingerprint density at radius 1 is 1.47 bits per heavy atom. The van der Waals surface area contributed by atoms with Crippen LogP contribution in [0.4, 0.5) is 0 Å². The summed E-state index contributed by atoms with van der Waals surface area (Å²) >= 11 is 2.06. The predicted molar refractivity (Wildman–Crippen MR) is 81.9 cm³/mol. The molecule has 2 saturated heterocycles. The van der Waals surface area contributed by atoms with E-state index in [1.54, 1.807) is 0 Å². The molecule has 0 aromatic carbocycles. The molecule has 3 nitrogen and oxygen atoms in total. The van der Waals surface area contributed by atoms with E-state index in [9.17, 15) is 0 Å². The quantitative estimate of drug-likeness (QED) is 0.600. The molecule has 2 aliphatic rings. The molecule has 2 fully saturated rings. The maximum absolute atomic E-state index is 6.10. The molecule has 2 aliphatic heterocycles. The molecule has 1 N–H and O–H groups in total. The number of hydrogen-bond acceptors (Lipinski definition) is 4. The van der Waals surface area contributed by atoms with Crippen LogP contribution in [0.3, 0.4) is 0 Å². The second-order valence-corrected chi connectivity index (χ2v) is 7.02. The highest BCUT2D eigenvalue weighted by Gasteiger charge is 2.38. The molecule has 0 aliphatic carbocycles. The van der Waals surface area contributed by atoms with Crippen molar-refractivity contribution in [2.45, 2.75) is 44.2 Å². The lowest BCUT2D eigenvalue weighted by molar-refractivity contribution is -0.0934. The zero-order valence-electron chi connectivity index (χ0n) is 12.1. The number of rotatable bonds is 6. The van der Waals surface area contributed by atoms with Crippen molar-refractivity contribution in [3.8, 4) is 0 Å². The molecule has 110 valence electrons. The molecule has 0 radical (unpaired) electrons. The Bertz CT molecular complexity index is 284. The molecule has 0 aromatic rings. The van der Waals surface area contributed by atoms with Gasteiger partial charge in [-0.3, -0.25) is 0 Å². The summed E-state index contributed by atoms with van der Waals surface area (Å²) in [7, 11) is 0. The summed E-state index contributed by atoms with van der Waals surface area (Å²) in [5, 5.41) is 3.63. The smallest absolute Gasteiger partial charge is 0.0713 e. The molecule has 2 rings (SSSR count). The highest BCUT2D eigenvalue weighted by atomic mass is 32.2. The van der Waals surface area contributed by atoms with Crippen molar-refractivity contribution in [3.63, 3.8) is 0 Å². The summed E-state index contributed by atoms with van der Waals surface area (Å²) in [6.45, 7) is 9.13. The van der Waals surface area contributed by atoms with E-state index in [-0.39, 0.29) is 5.60 Å². The number of nitrogens with one attached hydrogen (secondary N) is 1. The molecular weight excluding hydrogens is 258 g/mol. The van der Waals surface area contributed by atoms with Crippen LogP contribution in [0.15, 0.2) is 12.2 Å². The van der Waals surface area contributed by atoms with Gasteiger partial charge in [-0.2, -0.15) is 11.8 Å². The fraction of sp³-hybridized carbons (Fsp3) is 0.867. The van der Waals surface area contributed by atoms with Crippen LogP contribution in [-0.4, -0.2) is 49.5 Å². The van der Waals surface area contributed by atoms with Crippen LogP contribution >= 0.6 is 11.8 Å². The normalized spacial score (nSPS) is 26.5. The minimum atomic E-state index is 0.180. The first-order chi connectivity index (χ1) is 9.20. The molecule has 1 spiro atoms. The van der Waals surface area contributed by atoms with Crippen molar-refractivity contribution < 1.29 is 9.47 Å². The first kappa shape index (κ1) is 15.4. The van der Waals surface area contributed by atoms with Gasteiger partial charge in [0.2, 0.25) is 0 Å². The average Bonchev–Trinajstić information content (AvgIpc) is 2.39. The van der Waals surface area contributed by atoms with Crippen LogP contribution in [0.25, 0.3) is 0 Å². The van der Waals surface area contributed by atoms with E-state index in [1.165, 1.54) is 30.8 Å². The number of ether oxygens (including phenoxy) is 2. The first-order valence-corrected chi connectivity index (χ1v) is 8.53. The van der Waals surface area contributed by atoms with E-state index < -0.39 is 0 Å². The summed E-state index contributed by atoms with van der Waals surface area (Å²) in [5.41, 5.74) is 1.27. The summed E-state index contributed by atoms with van der Waals surface area (Å²) in [5.74, 6) is 2.52. The molecule has 0 amide bonds. The molecule has 2 heterocycles. The predicted octanol–water partition coefficient (Wildman–Crippen LogP) is 2.61. The largest absolute Gasteiger partial charge is 0.376 e. The van der Waals surface area contributed by atoms with Crippen LogP contribution in [0, 0.1) is 0 Å². The van der Waals surface area contributed by atoms with E-state index >= 15 is 0 Å². The molecular formula is C15H27NO2S. The van der Waals surface area contributed by atoms with Gasteiger partial charge < -0.3 is 14.8 Å². The van der Waals surface area contributed by atoms with Crippen LogP contribution in [0.1, 0.15) is 32.6 Å². The minimum Gasteiger partial charge on any atom is -0.376 e. The van der Waals surface area contributed by atoms with Gasteiger partial charge in [-0.05, 0) is 44.1 Å². The third-order valence-corrected chi connectivity index (χ3v) is 4.91. The SMILES string of the molecule is C=C(C)COCCNC1CCOC2(CCSCC2)C1. The summed E-state index contributed by atoms with van der Waals surface area (Å²) in [4.78, 5) is 0. The Hall–Kier alpha value is -0.0300. The van der Waals surface area contributed by atoms with Gasteiger partial charge in [-0.15, -0.1) is 0 Å². The van der Waals surface area contributed by atoms with Gasteiger partial charge in [-0.25, -0.2) is 0 Å². The highest BCUT2D eigenvalue weighted by Crippen LogP contribution is 2.37. The Morgan fingerprint density at radius 2 is 2.26 bits per heavy atom. The summed E-state index contributed by atoms with van der Waals surface area (Å²) in [6, 6.07) is 0.602. The van der Waals surface area contributed by atoms with E-state index in [2.05, 4.69) is 23.7 Å². The van der Waals surface area contributed by atoms with Crippen molar-refractivity contribution in [1.29, 1.82) is 0 Å². The van der Waals surface area contributed by atoms with Gasteiger partial charge in [-0.1, -0.05) is 12.2 Å². The van der Waals surface area contributed by atoms with Gasteiger partial charge in [0.05, 0.1) is 18.8 Å². The number of hydrogen-bond donors (Lipinski definition) is 1. The van der Waals surface area contributed by atoms with Crippen molar-refractivity contribution in [2.24, 2.45) is 0 Å². The Morgan fingerprint density at radius 3 is 3.00 bits per heavy atom. The topological polar surface area (TPSA) is 30.5 Å². The fourth-order valence-corrected chi connectivity index (χ4v) is 4.11. The second-order valence-electron chi connectivity index (χ2n) is 5.80. The third-order valence-electron chi connectivity index (χ3n) is 3.92. The van der Waals surface area contributed by atoms with Crippen molar-refractivity contribution in [1.82, 2.24) is 5.32 Å². The molecule has 0 saturated carbocycles. The summed E-state index contributed by atoms with van der Waals surface area (Å²) < 4.78 is 11.6. The lowest BCUT2D eigenvalue weighted by atomic mass is 9.85. The maximum atomic E-state index is 6.10. The second kappa shape index (κ2) is 7.67. The van der Waals surface area contributed by atoms with Gasteiger partial charge in [0.15, 0.2) is 0 Å². The van der Waals surface area contributed by atoms with Gasteiger partial charge in [0.1, 0.15) is 0 Å². The zero-order valence-corrected chi connectivity index (χ0v) is 12.9. The maximum Gasteiger partial charge on any atom is 0.0713 e. The first-order valence-electron chi connectivity index (χ1n) is 7.37. The van der Waals surface area contributed by atoms with E-state index in [0.29, 0.717) is 12.6 Å². The van der Waals surface area contributed by atoms with Crippen molar-refractivity contribution >= 4 is 11.8 Å². The fourth-order valence-electron chi connectivity index (χ4n) is 2.88. The zero-order chi connectivity index (χ0) is 13.6. The molecule has 0 aromatic heterocycles. The summed E-state index contributed by atoms with van der Waals surface area (Å²) in [6.07, 6.45) is 4.76. The van der Waals surface area contributed by atoms with Crippen LogP contribution < -0.4 is 5.32 Å². The Kier molecular flexibility index (Phi) is 6.20. The monoisotopic (exact) mass is 285 g/mol. The lowest BCUT2D eigenvalue weighted by Gasteiger charge is -2.43. The Labute approximate surface area is 121 Å². The molecule has 1 unspecified atom stereocenters. The minimum absolute atomic E-state index is 0.180. The van der Waals surface area contributed by atoms with Gasteiger partial charge in [0, 0.05) is 19.2 Å². The standard InChI is InChI=1S/C15H27NO2S/c1-13(2)12-17-8-6-16-14-3-7-18-15(11-14)4-9-19-10-5-15/h14,16H,1,3-12H2,2H3. The van der Waals surface area contributed by atoms with E-state index in [0.717, 1.165) is 31.8 Å². The van der Waals surface area contributed by atoms with Gasteiger partial charge >= 0.3 is 0 Å². The van der Waals surface area contributed by atoms with Crippen LogP contribution in [0.5, 0.6) is 0 Å². The van der Waals surface area contributed by atoms with Crippen molar-refractivity contribution in [3.05, 3.63) is 12.2 Å². The van der Waals surface area contributed by atoms with Crippen LogP contribution in [-0.2, 0) is 9.47 Å². The van der Waals surface area contributed by atoms with Crippen molar-refractivity contribution in [2.75, 3.05) is 37.9 Å². The lowest BCUT2D eigenvalue weighted by Crippen LogP contribution is -2.49. The molecule has 0 bridgehead atoms. The molecule has 19 heavy (non-hydrogen) atoms. The number of thioether (sulfide) groups is 1.